The molecular weight excluding hydrogens is 598 g/mol. The lowest BCUT2D eigenvalue weighted by atomic mass is 10.0. The van der Waals surface area contributed by atoms with Gasteiger partial charge in [-0.3, -0.25) is 4.79 Å². The fourth-order valence-corrected chi connectivity index (χ4v) is 3.86. The lowest BCUT2D eigenvalue weighted by Crippen LogP contribution is -2.49. The number of carbonyl (C=O) groups is 1. The highest BCUT2D eigenvalue weighted by Gasteiger charge is 2.65. The molecule has 212 valence electrons. The Bertz CT molecular complexity index is 1590. The van der Waals surface area contributed by atoms with Crippen LogP contribution >= 0.6 is 21.8 Å². The molecule has 0 aliphatic carbocycles. The van der Waals surface area contributed by atoms with Gasteiger partial charge in [0.15, 0.2) is 34.4 Å². The molecule has 3 aromatic rings. The van der Waals surface area contributed by atoms with Crippen molar-refractivity contribution in [3.8, 4) is 29.4 Å². The van der Waals surface area contributed by atoms with Crippen LogP contribution in [0.15, 0.2) is 53.4 Å². The second-order valence-electron chi connectivity index (χ2n) is 8.35. The smallest absolute Gasteiger partial charge is 0.310 e. The molecule has 6 nitrogen and oxygen atoms in total. The third-order valence-corrected chi connectivity index (χ3v) is 6.51. The summed E-state index contributed by atoms with van der Waals surface area (Å²) in [6.07, 6.45) is 0. The molecule has 0 heterocycles. The van der Waals surface area contributed by atoms with Crippen molar-refractivity contribution in [3.63, 3.8) is 0 Å². The van der Waals surface area contributed by atoms with Gasteiger partial charge in [0, 0.05) is 17.7 Å². The van der Waals surface area contributed by atoms with Gasteiger partial charge in [-0.25, -0.2) is 8.78 Å². The number of amides is 1. The van der Waals surface area contributed by atoms with Gasteiger partial charge < -0.3 is 14.8 Å². The summed E-state index contributed by atoms with van der Waals surface area (Å²) < 4.78 is 117. The molecule has 0 aliphatic heterocycles. The SMILES string of the molecule is C[C@@](C#N)(COc1cc(C#N)ccc1Oc1cc(Cl)c(F)c(F)c1F)NC(=O)c1ccc(S(F)(F)(F)(F)F)cc1. The van der Waals surface area contributed by atoms with Crippen molar-refractivity contribution in [2.75, 3.05) is 6.61 Å². The Hall–Kier alpha value is -4.21. The first kappa shape index (κ1) is 30.3. The van der Waals surface area contributed by atoms with Gasteiger partial charge in [-0.05, 0) is 43.3 Å². The molecular formula is C24H14ClF8N3O3S. The molecule has 1 atom stereocenters. The number of hydrogen-bond acceptors (Lipinski definition) is 5. The van der Waals surface area contributed by atoms with Crippen molar-refractivity contribution in [2.24, 2.45) is 0 Å². The van der Waals surface area contributed by atoms with E-state index in [1.54, 1.807) is 12.1 Å². The summed E-state index contributed by atoms with van der Waals surface area (Å²) in [7, 11) is -9.97. The minimum atomic E-state index is -9.97. The first-order valence-corrected chi connectivity index (χ1v) is 12.9. The van der Waals surface area contributed by atoms with Gasteiger partial charge in [-0.1, -0.05) is 31.0 Å². The maximum Gasteiger partial charge on any atom is 0.310 e. The maximum atomic E-state index is 14.2. The molecule has 40 heavy (non-hydrogen) atoms. The number of nitrogens with one attached hydrogen (secondary N) is 1. The Kier molecular flexibility index (Phi) is 7.40. The van der Waals surface area contributed by atoms with Crippen molar-refractivity contribution in [1.82, 2.24) is 5.32 Å². The van der Waals surface area contributed by atoms with E-state index >= 15 is 0 Å². The van der Waals surface area contributed by atoms with E-state index in [1.807, 2.05) is 0 Å². The molecule has 0 unspecified atom stereocenters. The highest BCUT2D eigenvalue weighted by atomic mass is 35.5. The van der Waals surface area contributed by atoms with E-state index in [2.05, 4.69) is 5.32 Å². The third kappa shape index (κ3) is 6.86. The lowest BCUT2D eigenvalue weighted by molar-refractivity contribution is 0.0900. The van der Waals surface area contributed by atoms with E-state index in [-0.39, 0.29) is 29.2 Å². The zero-order chi connectivity index (χ0) is 30.2. The highest BCUT2D eigenvalue weighted by molar-refractivity contribution is 8.45. The molecule has 3 rings (SSSR count). The number of benzene rings is 3. The number of halogens is 9. The van der Waals surface area contributed by atoms with Crippen LogP contribution < -0.4 is 14.8 Å². The molecule has 0 radical (unpaired) electrons. The normalized spacial score (nSPS) is 14.5. The first-order valence-electron chi connectivity index (χ1n) is 10.5. The van der Waals surface area contributed by atoms with Crippen LogP contribution in [0.5, 0.6) is 17.2 Å². The van der Waals surface area contributed by atoms with Crippen LogP contribution in [0.25, 0.3) is 0 Å². The molecule has 3 aromatic carbocycles. The third-order valence-electron chi connectivity index (χ3n) is 5.08. The molecule has 0 fully saturated rings. The number of ether oxygens (including phenoxy) is 2. The standard InChI is InChI=1S/C24H14ClF8N3O3S/c1-24(11-35,36-23(37)14-3-5-15(6-4-14)40(29,30,31,32)33)12-38-18-8-13(10-34)2-7-17(18)39-19-9-16(25)20(26)22(28)21(19)27/h2-9H,12H2,1H3,(H,36,37)/t24-/m1/s1. The van der Waals surface area contributed by atoms with Crippen LogP contribution in [-0.4, -0.2) is 18.1 Å². The molecule has 0 aliphatic rings. The van der Waals surface area contributed by atoms with Crippen molar-refractivity contribution < 1.29 is 46.9 Å². The summed E-state index contributed by atoms with van der Waals surface area (Å²) in [6, 6.07) is 8.52. The second kappa shape index (κ2) is 9.76. The van der Waals surface area contributed by atoms with Crippen LogP contribution in [-0.2, 0) is 0 Å². The van der Waals surface area contributed by atoms with E-state index in [1.165, 1.54) is 6.07 Å². The van der Waals surface area contributed by atoms with Gasteiger partial charge in [-0.2, -0.15) is 14.9 Å². The lowest BCUT2D eigenvalue weighted by Gasteiger charge is -2.40. The predicted octanol–water partition coefficient (Wildman–Crippen LogP) is 8.17. The van der Waals surface area contributed by atoms with Crippen LogP contribution in [0.1, 0.15) is 22.8 Å². The zero-order valence-corrected chi connectivity index (χ0v) is 21.3. The average molecular weight is 612 g/mol. The fourth-order valence-electron chi connectivity index (χ4n) is 3.02. The highest BCUT2D eigenvalue weighted by Crippen LogP contribution is 3.02. The van der Waals surface area contributed by atoms with Crippen molar-refractivity contribution in [2.45, 2.75) is 17.4 Å². The van der Waals surface area contributed by atoms with Crippen LogP contribution in [0, 0.1) is 40.1 Å². The molecule has 1 amide bonds. The summed E-state index contributed by atoms with van der Waals surface area (Å²) in [5, 5.41) is 20.1. The molecule has 0 saturated heterocycles. The summed E-state index contributed by atoms with van der Waals surface area (Å²) in [5.74, 6) is -7.97. The van der Waals surface area contributed by atoms with E-state index < -0.39 is 67.0 Å². The van der Waals surface area contributed by atoms with Gasteiger partial charge in [0.2, 0.25) is 5.82 Å². The zero-order valence-electron chi connectivity index (χ0n) is 19.8. The van der Waals surface area contributed by atoms with Crippen LogP contribution in [0.3, 0.4) is 0 Å². The molecule has 1 N–H and O–H groups in total. The molecule has 0 saturated carbocycles. The van der Waals surface area contributed by atoms with Crippen LogP contribution in [0.2, 0.25) is 5.02 Å². The monoisotopic (exact) mass is 611 g/mol. The van der Waals surface area contributed by atoms with E-state index in [9.17, 15) is 47.9 Å². The minimum Gasteiger partial charge on any atom is -0.486 e. The molecule has 0 bridgehead atoms. The van der Waals surface area contributed by atoms with E-state index in [4.69, 9.17) is 21.1 Å². The maximum absolute atomic E-state index is 14.2. The van der Waals surface area contributed by atoms with Gasteiger partial charge in [0.25, 0.3) is 5.91 Å². The van der Waals surface area contributed by atoms with E-state index in [0.717, 1.165) is 19.1 Å². The number of carbonyl (C=O) groups excluding carboxylic acids is 1. The van der Waals surface area contributed by atoms with Gasteiger partial charge >= 0.3 is 10.2 Å². The minimum absolute atomic E-state index is 0.0159. The molecule has 0 aromatic heterocycles. The number of nitrogens with zero attached hydrogens (tertiary/aromatic N) is 2. The molecule has 16 heteroatoms. The van der Waals surface area contributed by atoms with Gasteiger partial charge in [0.1, 0.15) is 11.5 Å². The summed E-state index contributed by atoms with van der Waals surface area (Å²) in [5.41, 5.74) is -2.42. The quantitative estimate of drug-likeness (QED) is 0.157. The summed E-state index contributed by atoms with van der Waals surface area (Å²) in [6.45, 7) is 0.433. The number of nitriles is 2. The number of hydrogen-bond donors (Lipinski definition) is 1. The largest absolute Gasteiger partial charge is 0.486 e. The molecule has 0 spiro atoms. The van der Waals surface area contributed by atoms with Crippen LogP contribution in [0.4, 0.5) is 32.6 Å². The van der Waals surface area contributed by atoms with Gasteiger partial charge in [-0.15, -0.1) is 0 Å². The Morgan fingerprint density at radius 3 is 2.10 bits per heavy atom. The summed E-state index contributed by atoms with van der Waals surface area (Å²) >= 11 is 5.52. The average Bonchev–Trinajstić information content (AvgIpc) is 2.88. The van der Waals surface area contributed by atoms with Crippen molar-refractivity contribution in [3.05, 3.63) is 82.1 Å². The second-order valence-corrected chi connectivity index (χ2v) is 11.2. The van der Waals surface area contributed by atoms with E-state index in [0.29, 0.717) is 18.2 Å². The Morgan fingerprint density at radius 2 is 1.55 bits per heavy atom. The summed E-state index contributed by atoms with van der Waals surface area (Å²) in [4.78, 5) is 10.3. The number of rotatable bonds is 8. The Labute approximate surface area is 226 Å². The Morgan fingerprint density at radius 1 is 0.925 bits per heavy atom. The topological polar surface area (TPSA) is 95.1 Å². The Balaban J connectivity index is 1.84. The predicted molar refractivity (Wildman–Crippen MR) is 127 cm³/mol. The first-order chi connectivity index (χ1) is 18.3. The fraction of sp³-hybridized carbons (Fsp3) is 0.125. The van der Waals surface area contributed by atoms with Crippen molar-refractivity contribution in [1.29, 1.82) is 10.5 Å². The van der Waals surface area contributed by atoms with Crippen molar-refractivity contribution >= 4 is 27.7 Å². The van der Waals surface area contributed by atoms with Gasteiger partial charge in [0.05, 0.1) is 22.7 Å².